The van der Waals surface area contributed by atoms with Crippen LogP contribution in [0.5, 0.6) is 0 Å². The molecule has 1 unspecified atom stereocenters. The third-order valence-electron chi connectivity index (χ3n) is 5.77. The van der Waals surface area contributed by atoms with Crippen molar-refractivity contribution in [3.8, 4) is 0 Å². The molecule has 1 aromatic carbocycles. The second-order valence-corrected chi connectivity index (χ2v) is 7.75. The summed E-state index contributed by atoms with van der Waals surface area (Å²) in [6.07, 6.45) is 5.24. The number of hydrogen-bond acceptors (Lipinski definition) is 4. The number of piperidine rings is 1. The largest absolute Gasteiger partial charge is 0.355 e. The van der Waals surface area contributed by atoms with Crippen molar-refractivity contribution in [2.75, 3.05) is 19.6 Å². The van der Waals surface area contributed by atoms with Gasteiger partial charge in [-0.25, -0.2) is 4.99 Å². The Labute approximate surface area is 174 Å². The van der Waals surface area contributed by atoms with Crippen LogP contribution in [0.25, 0.3) is 0 Å². The van der Waals surface area contributed by atoms with Crippen molar-refractivity contribution in [3.05, 3.63) is 47.5 Å². The van der Waals surface area contributed by atoms with Crippen LogP contribution in [0.15, 0.2) is 35.3 Å². The van der Waals surface area contributed by atoms with Gasteiger partial charge in [-0.1, -0.05) is 43.7 Å². The van der Waals surface area contributed by atoms with Crippen LogP contribution in [-0.2, 0) is 20.1 Å². The maximum Gasteiger partial charge on any atom is 0.192 e. The number of hydrogen-bond donors (Lipinski definition) is 2. The summed E-state index contributed by atoms with van der Waals surface area (Å²) in [6.45, 7) is 8.65. The van der Waals surface area contributed by atoms with Crippen LogP contribution < -0.4 is 10.6 Å². The van der Waals surface area contributed by atoms with E-state index in [1.807, 2.05) is 24.6 Å². The smallest absolute Gasteiger partial charge is 0.192 e. The first-order valence-electron chi connectivity index (χ1n) is 10.8. The van der Waals surface area contributed by atoms with Crippen molar-refractivity contribution in [1.29, 1.82) is 0 Å². The zero-order valence-electron chi connectivity index (χ0n) is 18.1. The van der Waals surface area contributed by atoms with Gasteiger partial charge in [0, 0.05) is 26.2 Å². The standard InChI is InChI=1S/C22H35N7/c1-4-20-12-8-9-14-29(20)15-13-23-22(24-16-19-10-6-5-7-11-19)25-17-21-27-26-18(2)28(21)3/h5-7,10-11,20H,4,8-9,12-17H2,1-3H3,(H2,23,24,25). The molecule has 29 heavy (non-hydrogen) atoms. The Balaban J connectivity index is 1.58. The van der Waals surface area contributed by atoms with Gasteiger partial charge in [0.2, 0.25) is 0 Å². The number of aryl methyl sites for hydroxylation is 1. The Morgan fingerprint density at radius 1 is 1.17 bits per heavy atom. The van der Waals surface area contributed by atoms with Gasteiger partial charge in [0.15, 0.2) is 11.8 Å². The first kappa shape index (κ1) is 21.3. The zero-order chi connectivity index (χ0) is 20.5. The number of nitrogens with one attached hydrogen (secondary N) is 2. The second-order valence-electron chi connectivity index (χ2n) is 7.75. The second kappa shape index (κ2) is 11.0. The highest BCUT2D eigenvalue weighted by atomic mass is 15.3. The molecule has 158 valence electrons. The zero-order valence-corrected chi connectivity index (χ0v) is 18.1. The average molecular weight is 398 g/mol. The molecule has 1 aromatic heterocycles. The van der Waals surface area contributed by atoms with Crippen molar-refractivity contribution in [3.63, 3.8) is 0 Å². The van der Waals surface area contributed by atoms with Crippen molar-refractivity contribution >= 4 is 5.96 Å². The van der Waals surface area contributed by atoms with Crippen molar-refractivity contribution in [2.24, 2.45) is 12.0 Å². The van der Waals surface area contributed by atoms with Crippen LogP contribution in [0.1, 0.15) is 49.8 Å². The van der Waals surface area contributed by atoms with E-state index < -0.39 is 0 Å². The van der Waals surface area contributed by atoms with E-state index in [9.17, 15) is 0 Å². The molecule has 0 amide bonds. The van der Waals surface area contributed by atoms with Gasteiger partial charge < -0.3 is 15.2 Å². The first-order valence-corrected chi connectivity index (χ1v) is 10.8. The third kappa shape index (κ3) is 6.29. The van der Waals surface area contributed by atoms with Crippen LogP contribution in [-0.4, -0.2) is 51.3 Å². The molecule has 1 aliphatic heterocycles. The molecule has 0 spiro atoms. The van der Waals surface area contributed by atoms with E-state index in [1.165, 1.54) is 37.8 Å². The minimum atomic E-state index is 0.596. The fraction of sp³-hybridized carbons (Fsp3) is 0.591. The van der Waals surface area contributed by atoms with E-state index in [0.717, 1.165) is 36.7 Å². The number of aliphatic imine (C=N–C) groups is 1. The lowest BCUT2D eigenvalue weighted by atomic mass is 10.0. The summed E-state index contributed by atoms with van der Waals surface area (Å²) in [5.74, 6) is 2.63. The van der Waals surface area contributed by atoms with Crippen LogP contribution in [0.3, 0.4) is 0 Å². The predicted molar refractivity (Wildman–Crippen MR) is 118 cm³/mol. The summed E-state index contributed by atoms with van der Waals surface area (Å²) in [7, 11) is 1.99. The van der Waals surface area contributed by atoms with Crippen molar-refractivity contribution in [2.45, 2.75) is 58.7 Å². The van der Waals surface area contributed by atoms with Gasteiger partial charge in [-0.2, -0.15) is 0 Å². The Hall–Kier alpha value is -2.41. The lowest BCUT2D eigenvalue weighted by Crippen LogP contribution is -2.46. The molecule has 3 rings (SSSR count). The summed E-state index contributed by atoms with van der Waals surface area (Å²) < 4.78 is 2.00. The van der Waals surface area contributed by atoms with Gasteiger partial charge in [0.05, 0.1) is 13.1 Å². The molecule has 1 fully saturated rings. The minimum Gasteiger partial charge on any atom is -0.355 e. The van der Waals surface area contributed by atoms with Gasteiger partial charge in [-0.3, -0.25) is 4.90 Å². The van der Waals surface area contributed by atoms with E-state index in [2.05, 4.69) is 56.9 Å². The molecule has 2 N–H and O–H groups in total. The van der Waals surface area contributed by atoms with Crippen LogP contribution >= 0.6 is 0 Å². The number of nitrogens with zero attached hydrogens (tertiary/aromatic N) is 5. The van der Waals surface area contributed by atoms with Gasteiger partial charge >= 0.3 is 0 Å². The molecule has 0 bridgehead atoms. The Morgan fingerprint density at radius 3 is 2.72 bits per heavy atom. The van der Waals surface area contributed by atoms with Crippen molar-refractivity contribution in [1.82, 2.24) is 30.3 Å². The highest BCUT2D eigenvalue weighted by molar-refractivity contribution is 5.79. The molecule has 0 saturated carbocycles. The normalized spacial score (nSPS) is 18.0. The van der Waals surface area contributed by atoms with Crippen LogP contribution in [0.2, 0.25) is 0 Å². The van der Waals surface area contributed by atoms with Gasteiger partial charge in [-0.05, 0) is 38.3 Å². The number of guanidine groups is 1. The maximum atomic E-state index is 4.79. The highest BCUT2D eigenvalue weighted by Gasteiger charge is 2.20. The van der Waals surface area contributed by atoms with E-state index in [-0.39, 0.29) is 0 Å². The summed E-state index contributed by atoms with van der Waals surface area (Å²) in [5.41, 5.74) is 1.20. The molecular weight excluding hydrogens is 362 g/mol. The predicted octanol–water partition coefficient (Wildman–Crippen LogP) is 2.62. The Bertz CT molecular complexity index is 769. The number of aromatic nitrogens is 3. The number of benzene rings is 1. The van der Waals surface area contributed by atoms with E-state index in [4.69, 9.17) is 4.99 Å². The van der Waals surface area contributed by atoms with E-state index >= 15 is 0 Å². The van der Waals surface area contributed by atoms with Gasteiger partial charge in [-0.15, -0.1) is 10.2 Å². The average Bonchev–Trinajstić information content (AvgIpc) is 3.08. The lowest BCUT2D eigenvalue weighted by molar-refractivity contribution is 0.147. The van der Waals surface area contributed by atoms with Crippen LogP contribution in [0.4, 0.5) is 0 Å². The van der Waals surface area contributed by atoms with Crippen molar-refractivity contribution < 1.29 is 0 Å². The van der Waals surface area contributed by atoms with Gasteiger partial charge in [0.1, 0.15) is 5.82 Å². The molecule has 7 nitrogen and oxygen atoms in total. The molecule has 1 aliphatic rings. The van der Waals surface area contributed by atoms with Crippen LogP contribution in [0, 0.1) is 6.92 Å². The molecule has 0 aliphatic carbocycles. The summed E-state index contributed by atoms with van der Waals surface area (Å²) in [5, 5.41) is 15.3. The maximum absolute atomic E-state index is 4.79. The molecule has 1 saturated heterocycles. The molecule has 0 radical (unpaired) electrons. The van der Waals surface area contributed by atoms with E-state index in [1.54, 1.807) is 0 Å². The molecular formula is C22H35N7. The van der Waals surface area contributed by atoms with E-state index in [0.29, 0.717) is 13.1 Å². The highest BCUT2D eigenvalue weighted by Crippen LogP contribution is 2.18. The SMILES string of the molecule is CCC1CCCCN1CCNC(=NCc1ccccc1)NCc1nnc(C)n1C. The van der Waals surface area contributed by atoms with Gasteiger partial charge in [0.25, 0.3) is 0 Å². The topological polar surface area (TPSA) is 70.4 Å². The number of likely N-dealkylation sites (tertiary alicyclic amines) is 1. The number of rotatable bonds is 8. The molecule has 1 atom stereocenters. The lowest BCUT2D eigenvalue weighted by Gasteiger charge is -2.35. The minimum absolute atomic E-state index is 0.596. The monoisotopic (exact) mass is 397 g/mol. The first-order chi connectivity index (χ1) is 14.2. The quantitative estimate of drug-likeness (QED) is 0.529. The fourth-order valence-electron chi connectivity index (χ4n) is 3.83. The molecule has 2 heterocycles. The molecule has 7 heteroatoms. The fourth-order valence-corrected chi connectivity index (χ4v) is 3.83. The summed E-state index contributed by atoms with van der Waals surface area (Å²) >= 11 is 0. The Morgan fingerprint density at radius 2 is 2.00 bits per heavy atom. The third-order valence-corrected chi connectivity index (χ3v) is 5.77. The summed E-state index contributed by atoms with van der Waals surface area (Å²) in [6, 6.07) is 11.1. The Kier molecular flexibility index (Phi) is 8.04. The molecule has 2 aromatic rings. The summed E-state index contributed by atoms with van der Waals surface area (Å²) in [4.78, 5) is 7.41.